The summed E-state index contributed by atoms with van der Waals surface area (Å²) in [4.78, 5) is 10.9. The fraction of sp³-hybridized carbons (Fsp3) is 0.0714. The molecule has 0 atom stereocenters. The van der Waals surface area contributed by atoms with Crippen molar-refractivity contribution >= 4 is 6.16 Å². The van der Waals surface area contributed by atoms with E-state index < -0.39 is 11.9 Å². The maximum absolute atomic E-state index is 10.9. The first kappa shape index (κ1) is 11.6. The van der Waals surface area contributed by atoms with Crippen LogP contribution in [0.2, 0.25) is 0 Å². The maximum Gasteiger partial charge on any atom is 0.508 e. The Morgan fingerprint density at radius 3 is 1.95 bits per heavy atom. The van der Waals surface area contributed by atoms with Crippen LogP contribution in [0.15, 0.2) is 48.5 Å². The molecule has 0 saturated heterocycles. The number of hydrogen-bond acceptors (Lipinski definition) is 4. The summed E-state index contributed by atoms with van der Waals surface area (Å²) in [5.41, 5.74) is 0.521. The molecule has 2 aromatic rings. The van der Waals surface area contributed by atoms with Crippen molar-refractivity contribution in [1.82, 2.24) is 0 Å². The van der Waals surface area contributed by atoms with E-state index in [2.05, 4.69) is 0 Å². The van der Waals surface area contributed by atoms with Gasteiger partial charge in [0.15, 0.2) is 0 Å². The Kier molecular flexibility index (Phi) is 2.43. The smallest absolute Gasteiger partial charge is 0.456 e. The lowest BCUT2D eigenvalue weighted by molar-refractivity contribution is -0.152. The van der Waals surface area contributed by atoms with E-state index >= 15 is 0 Å². The second-order valence-corrected chi connectivity index (χ2v) is 4.11. The predicted octanol–water partition coefficient (Wildman–Crippen LogP) is 2.68. The zero-order chi connectivity index (χ0) is 13.5. The minimum atomic E-state index is -2.06. The summed E-state index contributed by atoms with van der Waals surface area (Å²) >= 11 is 0. The molecular weight excluding hydrogens is 248 g/mol. The average Bonchev–Trinajstić information content (AvgIpc) is 2.38. The van der Waals surface area contributed by atoms with Gasteiger partial charge in [-0.1, -0.05) is 24.3 Å². The van der Waals surface area contributed by atoms with Crippen LogP contribution < -0.4 is 4.74 Å². The fourth-order valence-corrected chi connectivity index (χ4v) is 2.17. The lowest BCUT2D eigenvalue weighted by atomic mass is 9.93. The molecule has 0 amide bonds. The fourth-order valence-electron chi connectivity index (χ4n) is 2.17. The number of aliphatic hydroxyl groups is 1. The molecule has 96 valence electrons. The van der Waals surface area contributed by atoms with Crippen LogP contribution in [0.1, 0.15) is 11.1 Å². The Balaban J connectivity index is 2.25. The van der Waals surface area contributed by atoms with Crippen LogP contribution in [0.3, 0.4) is 0 Å². The number of hydrogen-bond donors (Lipinski definition) is 2. The summed E-state index contributed by atoms with van der Waals surface area (Å²) in [6, 6.07) is 13.2. The first-order valence-electron chi connectivity index (χ1n) is 5.62. The van der Waals surface area contributed by atoms with E-state index in [4.69, 9.17) is 14.6 Å². The molecular formula is C14H10O5. The third-order valence-electron chi connectivity index (χ3n) is 2.96. The van der Waals surface area contributed by atoms with Gasteiger partial charge in [0.05, 0.1) is 11.1 Å². The molecule has 2 N–H and O–H groups in total. The van der Waals surface area contributed by atoms with Gasteiger partial charge in [0.1, 0.15) is 11.5 Å². The van der Waals surface area contributed by atoms with Crippen LogP contribution in [-0.2, 0) is 10.5 Å². The molecule has 0 aromatic heterocycles. The summed E-state index contributed by atoms with van der Waals surface area (Å²) in [5.74, 6) is -1.33. The van der Waals surface area contributed by atoms with Gasteiger partial charge in [0.2, 0.25) is 0 Å². The standard InChI is InChI=1S/C14H10O5/c15-13(16)19-14(17)9-5-1-3-7-11(9)18-12-8-4-2-6-10(12)14/h1-8,17H,(H,15,16). The van der Waals surface area contributed by atoms with Crippen LogP contribution in [0.5, 0.6) is 11.5 Å². The Hall–Kier alpha value is -2.53. The molecule has 3 rings (SSSR count). The Labute approximate surface area is 108 Å². The minimum Gasteiger partial charge on any atom is -0.456 e. The topological polar surface area (TPSA) is 76.0 Å². The maximum atomic E-state index is 10.9. The van der Waals surface area contributed by atoms with E-state index in [1.165, 1.54) is 0 Å². The van der Waals surface area contributed by atoms with E-state index in [1.54, 1.807) is 48.5 Å². The molecule has 1 aliphatic rings. The van der Waals surface area contributed by atoms with E-state index in [0.29, 0.717) is 11.5 Å². The van der Waals surface area contributed by atoms with Crippen molar-refractivity contribution in [3.05, 3.63) is 59.7 Å². The quantitative estimate of drug-likeness (QED) is 0.607. The van der Waals surface area contributed by atoms with Crippen molar-refractivity contribution in [2.45, 2.75) is 5.79 Å². The van der Waals surface area contributed by atoms with Crippen LogP contribution in [0.25, 0.3) is 0 Å². The van der Waals surface area contributed by atoms with Crippen molar-refractivity contribution in [3.8, 4) is 11.5 Å². The number of para-hydroxylation sites is 2. The molecule has 0 bridgehead atoms. The summed E-state index contributed by atoms with van der Waals surface area (Å²) in [6.07, 6.45) is -1.56. The van der Waals surface area contributed by atoms with Crippen LogP contribution in [-0.4, -0.2) is 16.4 Å². The summed E-state index contributed by atoms with van der Waals surface area (Å²) < 4.78 is 10.3. The highest BCUT2D eigenvalue weighted by Crippen LogP contribution is 2.46. The molecule has 1 aliphatic heterocycles. The van der Waals surface area contributed by atoms with Gasteiger partial charge in [0.25, 0.3) is 5.79 Å². The van der Waals surface area contributed by atoms with Gasteiger partial charge in [-0.05, 0) is 24.3 Å². The van der Waals surface area contributed by atoms with Crippen molar-refractivity contribution in [2.24, 2.45) is 0 Å². The van der Waals surface area contributed by atoms with E-state index in [1.807, 2.05) is 0 Å². The molecule has 0 unspecified atom stereocenters. The summed E-state index contributed by atoms with van der Waals surface area (Å²) in [5, 5.41) is 19.5. The van der Waals surface area contributed by atoms with Crippen molar-refractivity contribution < 1.29 is 24.5 Å². The Bertz CT molecular complexity index is 604. The van der Waals surface area contributed by atoms with E-state index in [0.717, 1.165) is 0 Å². The van der Waals surface area contributed by atoms with Gasteiger partial charge >= 0.3 is 6.16 Å². The van der Waals surface area contributed by atoms with Crippen molar-refractivity contribution in [1.29, 1.82) is 0 Å². The molecule has 1 heterocycles. The lowest BCUT2D eigenvalue weighted by Crippen LogP contribution is -2.35. The van der Waals surface area contributed by atoms with Crippen LogP contribution in [0, 0.1) is 0 Å². The van der Waals surface area contributed by atoms with Crippen LogP contribution >= 0.6 is 0 Å². The molecule has 0 aliphatic carbocycles. The highest BCUT2D eigenvalue weighted by molar-refractivity contribution is 5.62. The molecule has 2 aromatic carbocycles. The average molecular weight is 258 g/mol. The second kappa shape index (κ2) is 4.00. The molecule has 0 radical (unpaired) electrons. The van der Waals surface area contributed by atoms with Gasteiger partial charge < -0.3 is 19.7 Å². The highest BCUT2D eigenvalue weighted by Gasteiger charge is 2.44. The highest BCUT2D eigenvalue weighted by atomic mass is 16.7. The van der Waals surface area contributed by atoms with Gasteiger partial charge in [0, 0.05) is 0 Å². The lowest BCUT2D eigenvalue weighted by Gasteiger charge is -2.33. The van der Waals surface area contributed by atoms with E-state index in [-0.39, 0.29) is 11.1 Å². The molecule has 0 fully saturated rings. The monoisotopic (exact) mass is 258 g/mol. The number of fused-ring (bicyclic) bond motifs is 2. The van der Waals surface area contributed by atoms with Gasteiger partial charge in [-0.3, -0.25) is 0 Å². The number of carbonyl (C=O) groups is 1. The predicted molar refractivity (Wildman–Crippen MR) is 65.1 cm³/mol. The van der Waals surface area contributed by atoms with Gasteiger partial charge in [-0.25, -0.2) is 4.79 Å². The van der Waals surface area contributed by atoms with Crippen LogP contribution in [0.4, 0.5) is 4.79 Å². The third-order valence-corrected chi connectivity index (χ3v) is 2.96. The van der Waals surface area contributed by atoms with Gasteiger partial charge in [-0.2, -0.15) is 0 Å². The zero-order valence-corrected chi connectivity index (χ0v) is 9.74. The third kappa shape index (κ3) is 1.71. The molecule has 19 heavy (non-hydrogen) atoms. The summed E-state index contributed by atoms with van der Waals surface area (Å²) in [6.45, 7) is 0. The number of rotatable bonds is 1. The second-order valence-electron chi connectivity index (χ2n) is 4.11. The first-order valence-corrected chi connectivity index (χ1v) is 5.62. The van der Waals surface area contributed by atoms with E-state index in [9.17, 15) is 9.90 Å². The molecule has 5 heteroatoms. The van der Waals surface area contributed by atoms with Crippen molar-refractivity contribution in [3.63, 3.8) is 0 Å². The normalized spacial score (nSPS) is 14.8. The number of benzene rings is 2. The SMILES string of the molecule is O=C(O)OC1(O)c2ccccc2Oc2ccccc21. The molecule has 5 nitrogen and oxygen atoms in total. The largest absolute Gasteiger partial charge is 0.508 e. The zero-order valence-electron chi connectivity index (χ0n) is 9.74. The Morgan fingerprint density at radius 2 is 1.47 bits per heavy atom. The molecule has 0 saturated carbocycles. The first-order chi connectivity index (χ1) is 9.11. The van der Waals surface area contributed by atoms with Crippen molar-refractivity contribution in [2.75, 3.05) is 0 Å². The van der Waals surface area contributed by atoms with Gasteiger partial charge in [-0.15, -0.1) is 0 Å². The molecule has 0 spiro atoms. The minimum absolute atomic E-state index is 0.260. The number of ether oxygens (including phenoxy) is 2. The number of carboxylic acid groups (broad SMARTS) is 1. The summed E-state index contributed by atoms with van der Waals surface area (Å²) in [7, 11) is 0. The Morgan fingerprint density at radius 1 is 1.00 bits per heavy atom.